The molecule has 0 aromatic heterocycles. The molecule has 0 saturated carbocycles. The molecule has 1 amide bonds. The van der Waals surface area contributed by atoms with Crippen LogP contribution < -0.4 is 0 Å². The first-order chi connectivity index (χ1) is 15.0. The van der Waals surface area contributed by atoms with E-state index in [-0.39, 0.29) is 31.2 Å². The van der Waals surface area contributed by atoms with Gasteiger partial charge in [0.1, 0.15) is 18.4 Å². The van der Waals surface area contributed by atoms with Crippen LogP contribution in [0.4, 0.5) is 4.79 Å². The Labute approximate surface area is 179 Å². The molecule has 1 heterocycles. The Morgan fingerprint density at radius 2 is 1.58 bits per heavy atom. The van der Waals surface area contributed by atoms with E-state index in [9.17, 15) is 19.8 Å². The highest BCUT2D eigenvalue weighted by Gasteiger charge is 2.37. The molecule has 2 aliphatic rings. The van der Waals surface area contributed by atoms with Crippen molar-refractivity contribution >= 4 is 12.1 Å². The molecule has 6 nitrogen and oxygen atoms in total. The molecular formula is C25H21NO5. The number of hydrogen-bond donors (Lipinski definition) is 2. The molecule has 156 valence electrons. The number of rotatable bonds is 3. The van der Waals surface area contributed by atoms with Crippen LogP contribution in [-0.2, 0) is 22.5 Å². The van der Waals surface area contributed by atoms with Gasteiger partial charge >= 0.3 is 12.1 Å². The number of ether oxygens (including phenoxy) is 1. The SMILES string of the molecule is O=C(O)[C@@H]1Cc2cc(O)ccc2CN1C(=O)OCC1c2ccccc2-c2ccccc21. The Bertz CT molecular complexity index is 1140. The van der Waals surface area contributed by atoms with E-state index < -0.39 is 18.1 Å². The van der Waals surface area contributed by atoms with Crippen LogP contribution in [0, 0.1) is 0 Å². The van der Waals surface area contributed by atoms with E-state index in [1.165, 1.54) is 11.0 Å². The molecule has 3 aromatic carbocycles. The van der Waals surface area contributed by atoms with Gasteiger partial charge < -0.3 is 14.9 Å². The number of phenolic OH excluding ortho intramolecular Hbond substituents is 1. The summed E-state index contributed by atoms with van der Waals surface area (Å²) in [7, 11) is 0. The molecule has 1 aliphatic heterocycles. The lowest BCUT2D eigenvalue weighted by Gasteiger charge is -2.34. The van der Waals surface area contributed by atoms with E-state index in [0.717, 1.165) is 33.4 Å². The Morgan fingerprint density at radius 1 is 0.935 bits per heavy atom. The zero-order valence-electron chi connectivity index (χ0n) is 16.7. The molecule has 31 heavy (non-hydrogen) atoms. The summed E-state index contributed by atoms with van der Waals surface area (Å²) in [6.07, 6.45) is -0.517. The summed E-state index contributed by atoms with van der Waals surface area (Å²) in [5.74, 6) is -1.10. The van der Waals surface area contributed by atoms with Gasteiger partial charge in [-0.1, -0.05) is 54.6 Å². The van der Waals surface area contributed by atoms with Crippen LogP contribution in [0.15, 0.2) is 66.7 Å². The molecule has 2 N–H and O–H groups in total. The molecule has 6 heteroatoms. The van der Waals surface area contributed by atoms with Crippen molar-refractivity contribution in [3.8, 4) is 16.9 Å². The zero-order valence-corrected chi connectivity index (χ0v) is 16.7. The number of phenols is 1. The van der Waals surface area contributed by atoms with Gasteiger partial charge in [0.25, 0.3) is 0 Å². The van der Waals surface area contributed by atoms with Gasteiger partial charge in [-0.15, -0.1) is 0 Å². The summed E-state index contributed by atoms with van der Waals surface area (Å²) in [6.45, 7) is 0.265. The van der Waals surface area contributed by atoms with Crippen LogP contribution in [0.3, 0.4) is 0 Å². The summed E-state index contributed by atoms with van der Waals surface area (Å²) < 4.78 is 5.67. The van der Waals surface area contributed by atoms with Gasteiger partial charge in [0.15, 0.2) is 0 Å². The maximum atomic E-state index is 13.0. The molecule has 0 radical (unpaired) electrons. The molecule has 0 unspecified atom stereocenters. The average molecular weight is 415 g/mol. The first-order valence-corrected chi connectivity index (χ1v) is 10.2. The van der Waals surface area contributed by atoms with Gasteiger partial charge in [-0.2, -0.15) is 0 Å². The Morgan fingerprint density at radius 3 is 2.23 bits per heavy atom. The monoisotopic (exact) mass is 415 g/mol. The lowest BCUT2D eigenvalue weighted by Crippen LogP contribution is -2.49. The summed E-state index contributed by atoms with van der Waals surface area (Å²) in [5.41, 5.74) is 6.01. The second kappa shape index (κ2) is 7.47. The largest absolute Gasteiger partial charge is 0.508 e. The number of carbonyl (C=O) groups excluding carboxylic acids is 1. The third-order valence-corrected chi connectivity index (χ3v) is 6.18. The number of aromatic hydroxyl groups is 1. The molecule has 1 aliphatic carbocycles. The lowest BCUT2D eigenvalue weighted by molar-refractivity contribution is -0.143. The number of amides is 1. The van der Waals surface area contributed by atoms with Crippen LogP contribution in [-0.4, -0.2) is 39.8 Å². The van der Waals surface area contributed by atoms with Crippen LogP contribution in [0.25, 0.3) is 11.1 Å². The quantitative estimate of drug-likeness (QED) is 0.671. The number of carboxylic acid groups (broad SMARTS) is 1. The summed E-state index contributed by atoms with van der Waals surface area (Å²) in [4.78, 5) is 26.1. The highest BCUT2D eigenvalue weighted by molar-refractivity contribution is 5.82. The number of carbonyl (C=O) groups is 2. The Kier molecular flexibility index (Phi) is 4.62. The van der Waals surface area contributed by atoms with E-state index in [4.69, 9.17) is 4.74 Å². The van der Waals surface area contributed by atoms with E-state index in [2.05, 4.69) is 12.1 Å². The predicted molar refractivity (Wildman–Crippen MR) is 114 cm³/mol. The maximum Gasteiger partial charge on any atom is 0.410 e. The van der Waals surface area contributed by atoms with E-state index in [1.807, 2.05) is 36.4 Å². The van der Waals surface area contributed by atoms with Gasteiger partial charge in [-0.25, -0.2) is 9.59 Å². The maximum absolute atomic E-state index is 13.0. The average Bonchev–Trinajstić information content (AvgIpc) is 3.10. The third-order valence-electron chi connectivity index (χ3n) is 6.18. The second-order valence-electron chi connectivity index (χ2n) is 7.94. The van der Waals surface area contributed by atoms with Crippen molar-refractivity contribution in [2.45, 2.75) is 24.9 Å². The van der Waals surface area contributed by atoms with E-state index in [0.29, 0.717) is 0 Å². The second-order valence-corrected chi connectivity index (χ2v) is 7.94. The molecule has 5 rings (SSSR count). The fourth-order valence-corrected chi connectivity index (χ4v) is 4.66. The molecule has 0 bridgehead atoms. The van der Waals surface area contributed by atoms with Gasteiger partial charge in [0, 0.05) is 12.3 Å². The van der Waals surface area contributed by atoms with Crippen molar-refractivity contribution < 1.29 is 24.5 Å². The fraction of sp³-hybridized carbons (Fsp3) is 0.200. The van der Waals surface area contributed by atoms with Crippen molar-refractivity contribution in [3.05, 3.63) is 89.0 Å². The zero-order chi connectivity index (χ0) is 21.5. The highest BCUT2D eigenvalue weighted by atomic mass is 16.6. The van der Waals surface area contributed by atoms with E-state index in [1.54, 1.807) is 12.1 Å². The Hall–Kier alpha value is -3.80. The summed E-state index contributed by atoms with van der Waals surface area (Å²) in [5, 5.41) is 19.4. The van der Waals surface area contributed by atoms with Crippen LogP contribution in [0.5, 0.6) is 5.75 Å². The normalized spacial score (nSPS) is 16.9. The number of hydrogen-bond acceptors (Lipinski definition) is 4. The van der Waals surface area contributed by atoms with Crippen LogP contribution in [0.1, 0.15) is 28.2 Å². The molecule has 1 atom stereocenters. The minimum Gasteiger partial charge on any atom is -0.508 e. The minimum absolute atomic E-state index is 0.0810. The van der Waals surface area contributed by atoms with Crippen LogP contribution in [0.2, 0.25) is 0 Å². The van der Waals surface area contributed by atoms with Crippen molar-refractivity contribution in [3.63, 3.8) is 0 Å². The first-order valence-electron chi connectivity index (χ1n) is 10.2. The van der Waals surface area contributed by atoms with Gasteiger partial charge in [0.2, 0.25) is 0 Å². The molecule has 0 saturated heterocycles. The van der Waals surface area contributed by atoms with Crippen molar-refractivity contribution in [2.75, 3.05) is 6.61 Å². The standard InChI is InChI=1S/C25H21NO5/c27-17-10-9-15-13-26(23(24(28)29)12-16(15)11-17)25(30)31-14-22-20-7-3-1-5-18(20)19-6-2-4-8-21(19)22/h1-11,22-23,27H,12-14H2,(H,28,29)/t23-/m0/s1. The van der Waals surface area contributed by atoms with Crippen LogP contribution >= 0.6 is 0 Å². The van der Waals surface area contributed by atoms with Gasteiger partial charge in [-0.3, -0.25) is 4.90 Å². The molecular weight excluding hydrogens is 394 g/mol. The summed E-state index contributed by atoms with van der Waals surface area (Å²) in [6, 6.07) is 19.9. The Balaban J connectivity index is 1.38. The fourth-order valence-electron chi connectivity index (χ4n) is 4.66. The summed E-state index contributed by atoms with van der Waals surface area (Å²) >= 11 is 0. The number of fused-ring (bicyclic) bond motifs is 4. The predicted octanol–water partition coefficient (Wildman–Crippen LogP) is 4.15. The molecule has 0 spiro atoms. The number of nitrogens with zero attached hydrogens (tertiary/aromatic N) is 1. The third kappa shape index (κ3) is 3.30. The number of aliphatic carboxylic acids is 1. The smallest absolute Gasteiger partial charge is 0.410 e. The van der Waals surface area contributed by atoms with Gasteiger partial charge in [0.05, 0.1) is 6.54 Å². The topological polar surface area (TPSA) is 87.1 Å². The molecule has 3 aromatic rings. The van der Waals surface area contributed by atoms with E-state index >= 15 is 0 Å². The van der Waals surface area contributed by atoms with Crippen molar-refractivity contribution in [2.24, 2.45) is 0 Å². The van der Waals surface area contributed by atoms with Crippen molar-refractivity contribution in [1.29, 1.82) is 0 Å². The van der Waals surface area contributed by atoms with Gasteiger partial charge in [-0.05, 0) is 45.5 Å². The number of carboxylic acids is 1. The number of benzene rings is 3. The minimum atomic E-state index is -1.09. The highest BCUT2D eigenvalue weighted by Crippen LogP contribution is 2.44. The lowest BCUT2D eigenvalue weighted by atomic mass is 9.94. The first kappa shape index (κ1) is 19.2. The van der Waals surface area contributed by atoms with Crippen molar-refractivity contribution in [1.82, 2.24) is 4.90 Å². The molecule has 0 fully saturated rings.